The fraction of sp³-hybridized carbons (Fsp3) is 0.192. The van der Waals surface area contributed by atoms with Crippen molar-refractivity contribution in [1.82, 2.24) is 10.6 Å². The Morgan fingerprint density at radius 2 is 1.29 bits per heavy atom. The second-order valence-electron chi connectivity index (χ2n) is 7.65. The third kappa shape index (κ3) is 7.90. The van der Waals surface area contributed by atoms with E-state index in [0.717, 1.165) is 5.75 Å². The molecule has 0 spiro atoms. The van der Waals surface area contributed by atoms with Crippen molar-refractivity contribution in [2.45, 2.75) is 19.9 Å². The van der Waals surface area contributed by atoms with Crippen LogP contribution < -0.4 is 25.4 Å². The minimum absolute atomic E-state index is 0.0578. The highest BCUT2D eigenvalue weighted by molar-refractivity contribution is 7.80. The molecule has 7 nitrogen and oxygen atoms in total. The van der Waals surface area contributed by atoms with Crippen LogP contribution in [-0.4, -0.2) is 36.2 Å². The van der Waals surface area contributed by atoms with Crippen LogP contribution >= 0.6 is 12.2 Å². The molecule has 8 heteroatoms. The highest BCUT2D eigenvalue weighted by Gasteiger charge is 2.10. The molecule has 0 aliphatic carbocycles. The first-order chi connectivity index (χ1) is 16.4. The average Bonchev–Trinajstić information content (AvgIpc) is 2.83. The molecule has 0 fully saturated rings. The van der Waals surface area contributed by atoms with E-state index in [1.165, 1.54) is 0 Å². The Balaban J connectivity index is 1.43. The number of hydrogen-bond donors (Lipinski definition) is 3. The van der Waals surface area contributed by atoms with E-state index in [4.69, 9.17) is 21.7 Å². The van der Waals surface area contributed by atoms with Crippen molar-refractivity contribution in [1.29, 1.82) is 0 Å². The van der Waals surface area contributed by atoms with E-state index in [-0.39, 0.29) is 23.0 Å². The molecule has 3 aromatic carbocycles. The van der Waals surface area contributed by atoms with Gasteiger partial charge < -0.3 is 20.1 Å². The number of ether oxygens (including phenoxy) is 2. The van der Waals surface area contributed by atoms with Gasteiger partial charge in [0.1, 0.15) is 24.7 Å². The molecule has 0 aliphatic heterocycles. The van der Waals surface area contributed by atoms with E-state index in [0.29, 0.717) is 35.8 Å². The molecule has 3 N–H and O–H groups in total. The Morgan fingerprint density at radius 3 is 1.88 bits per heavy atom. The Labute approximate surface area is 204 Å². The zero-order valence-electron chi connectivity index (χ0n) is 19.0. The molecule has 0 bridgehead atoms. The van der Waals surface area contributed by atoms with Crippen LogP contribution in [0.15, 0.2) is 78.9 Å². The van der Waals surface area contributed by atoms with Gasteiger partial charge in [0.2, 0.25) is 0 Å². The predicted octanol–water partition coefficient (Wildman–Crippen LogP) is 4.41. The summed E-state index contributed by atoms with van der Waals surface area (Å²) in [7, 11) is 0. The molecule has 3 aromatic rings. The normalized spacial score (nSPS) is 10.3. The summed E-state index contributed by atoms with van der Waals surface area (Å²) in [5.74, 6) is 0.934. The summed E-state index contributed by atoms with van der Waals surface area (Å²) >= 11 is 5.23. The summed E-state index contributed by atoms with van der Waals surface area (Å²) in [6, 6.07) is 23.1. The number of thiocarbonyl (C=S) groups is 1. The summed E-state index contributed by atoms with van der Waals surface area (Å²) in [5.41, 5.74) is 1.65. The summed E-state index contributed by atoms with van der Waals surface area (Å²) in [4.78, 5) is 24.5. The minimum Gasteiger partial charge on any atom is -0.490 e. The largest absolute Gasteiger partial charge is 0.490 e. The summed E-state index contributed by atoms with van der Waals surface area (Å²) in [6.45, 7) is 4.59. The van der Waals surface area contributed by atoms with E-state index in [9.17, 15) is 9.59 Å². The maximum atomic E-state index is 12.5. The third-order valence-corrected chi connectivity index (χ3v) is 4.74. The van der Waals surface area contributed by atoms with Crippen molar-refractivity contribution >= 4 is 34.8 Å². The summed E-state index contributed by atoms with van der Waals surface area (Å²) in [6.07, 6.45) is 0. The van der Waals surface area contributed by atoms with Crippen molar-refractivity contribution in [3.05, 3.63) is 90.0 Å². The number of carbonyl (C=O) groups is 2. The van der Waals surface area contributed by atoms with Gasteiger partial charge in [-0.1, -0.05) is 18.2 Å². The molecule has 0 aromatic heterocycles. The molecule has 0 saturated heterocycles. The van der Waals surface area contributed by atoms with Gasteiger partial charge in [0, 0.05) is 22.9 Å². The van der Waals surface area contributed by atoms with Crippen LogP contribution in [0.4, 0.5) is 5.69 Å². The molecular weight excluding hydrogens is 450 g/mol. The fourth-order valence-corrected chi connectivity index (χ4v) is 3.14. The average molecular weight is 478 g/mol. The van der Waals surface area contributed by atoms with Crippen LogP contribution in [0.25, 0.3) is 0 Å². The van der Waals surface area contributed by atoms with Gasteiger partial charge >= 0.3 is 0 Å². The van der Waals surface area contributed by atoms with Crippen LogP contribution in [-0.2, 0) is 0 Å². The van der Waals surface area contributed by atoms with Crippen molar-refractivity contribution in [2.75, 3.05) is 18.5 Å². The number of amides is 2. The second-order valence-corrected chi connectivity index (χ2v) is 8.06. The smallest absolute Gasteiger partial charge is 0.257 e. The van der Waals surface area contributed by atoms with E-state index in [1.807, 2.05) is 44.2 Å². The first-order valence-electron chi connectivity index (χ1n) is 10.8. The first-order valence-corrected chi connectivity index (χ1v) is 11.3. The van der Waals surface area contributed by atoms with E-state index >= 15 is 0 Å². The SMILES string of the molecule is CC(C)NC(=O)c1ccc(NC(=S)NC(=O)c2ccc(OCCOc3ccccc3)cc2)cc1. The van der Waals surface area contributed by atoms with Gasteiger partial charge in [-0.3, -0.25) is 14.9 Å². The molecule has 0 radical (unpaired) electrons. The molecular formula is C26H27N3O4S. The van der Waals surface area contributed by atoms with Crippen LogP contribution in [0.5, 0.6) is 11.5 Å². The highest BCUT2D eigenvalue weighted by atomic mass is 32.1. The standard InChI is InChI=1S/C26H27N3O4S/c1-18(2)27-24(30)19-8-12-21(13-9-19)28-26(34)29-25(31)20-10-14-23(15-11-20)33-17-16-32-22-6-4-3-5-7-22/h3-15,18H,16-17H2,1-2H3,(H,27,30)(H2,28,29,31,34). The lowest BCUT2D eigenvalue weighted by Gasteiger charge is -2.12. The Kier molecular flexibility index (Phi) is 8.99. The van der Waals surface area contributed by atoms with Gasteiger partial charge in [0.15, 0.2) is 5.11 Å². The molecule has 3 rings (SSSR count). The van der Waals surface area contributed by atoms with Gasteiger partial charge in [0.05, 0.1) is 0 Å². The van der Waals surface area contributed by atoms with Crippen molar-refractivity contribution in [2.24, 2.45) is 0 Å². The number of rotatable bonds is 9. The third-order valence-electron chi connectivity index (χ3n) is 4.53. The lowest BCUT2D eigenvalue weighted by molar-refractivity contribution is 0.0941. The lowest BCUT2D eigenvalue weighted by atomic mass is 10.2. The van der Waals surface area contributed by atoms with E-state index in [2.05, 4.69) is 16.0 Å². The highest BCUT2D eigenvalue weighted by Crippen LogP contribution is 2.14. The van der Waals surface area contributed by atoms with Crippen LogP contribution in [0, 0.1) is 0 Å². The quantitative estimate of drug-likeness (QED) is 0.313. The minimum atomic E-state index is -0.343. The topological polar surface area (TPSA) is 88.7 Å². The zero-order chi connectivity index (χ0) is 24.3. The lowest BCUT2D eigenvalue weighted by Crippen LogP contribution is -2.34. The summed E-state index contributed by atoms with van der Waals surface area (Å²) in [5, 5.41) is 8.56. The first kappa shape index (κ1) is 24.7. The summed E-state index contributed by atoms with van der Waals surface area (Å²) < 4.78 is 11.2. The maximum Gasteiger partial charge on any atom is 0.257 e. The number of benzene rings is 3. The van der Waals surface area contributed by atoms with Crippen LogP contribution in [0.3, 0.4) is 0 Å². The second kappa shape index (κ2) is 12.4. The van der Waals surface area contributed by atoms with Gasteiger partial charge in [-0.05, 0) is 86.7 Å². The Bertz CT molecular complexity index is 1100. The van der Waals surface area contributed by atoms with Crippen molar-refractivity contribution in [3.8, 4) is 11.5 Å². The maximum absolute atomic E-state index is 12.5. The van der Waals surface area contributed by atoms with Crippen molar-refractivity contribution < 1.29 is 19.1 Å². The number of anilines is 1. The number of para-hydroxylation sites is 1. The van der Waals surface area contributed by atoms with Gasteiger partial charge in [-0.15, -0.1) is 0 Å². The van der Waals surface area contributed by atoms with Crippen LogP contribution in [0.2, 0.25) is 0 Å². The fourth-order valence-electron chi connectivity index (χ4n) is 2.93. The molecule has 0 unspecified atom stereocenters. The number of carbonyl (C=O) groups excluding carboxylic acids is 2. The number of nitrogens with one attached hydrogen (secondary N) is 3. The molecule has 0 aliphatic rings. The Hall–Kier alpha value is -3.91. The van der Waals surface area contributed by atoms with Gasteiger partial charge in [-0.25, -0.2) is 0 Å². The molecule has 0 saturated carbocycles. The van der Waals surface area contributed by atoms with Gasteiger partial charge in [0.25, 0.3) is 11.8 Å². The predicted molar refractivity (Wildman–Crippen MR) is 137 cm³/mol. The molecule has 2 amide bonds. The molecule has 0 heterocycles. The molecule has 34 heavy (non-hydrogen) atoms. The van der Waals surface area contributed by atoms with E-state index < -0.39 is 0 Å². The number of hydrogen-bond acceptors (Lipinski definition) is 5. The van der Waals surface area contributed by atoms with Gasteiger partial charge in [-0.2, -0.15) is 0 Å². The molecule has 176 valence electrons. The molecule has 0 atom stereocenters. The van der Waals surface area contributed by atoms with E-state index in [1.54, 1.807) is 48.5 Å². The van der Waals surface area contributed by atoms with Crippen molar-refractivity contribution in [3.63, 3.8) is 0 Å². The monoisotopic (exact) mass is 477 g/mol. The van der Waals surface area contributed by atoms with Crippen LogP contribution in [0.1, 0.15) is 34.6 Å². The zero-order valence-corrected chi connectivity index (χ0v) is 19.9. The Morgan fingerprint density at radius 1 is 0.765 bits per heavy atom.